The lowest BCUT2D eigenvalue weighted by Crippen LogP contribution is -2.09. The largest absolute Gasteiger partial charge is 0.377 e. The molecule has 0 spiro atoms. The van der Waals surface area contributed by atoms with E-state index in [1.54, 1.807) is 7.11 Å². The number of rotatable bonds is 4. The highest BCUT2D eigenvalue weighted by atomic mass is 32.1. The van der Waals surface area contributed by atoms with Crippen LogP contribution in [0.4, 0.5) is 5.95 Å². The van der Waals surface area contributed by atoms with Gasteiger partial charge in [-0.2, -0.15) is 9.36 Å². The van der Waals surface area contributed by atoms with E-state index in [4.69, 9.17) is 4.74 Å². The van der Waals surface area contributed by atoms with Crippen molar-refractivity contribution in [2.24, 2.45) is 0 Å². The molecular weight excluding hydrogens is 246 g/mol. The van der Waals surface area contributed by atoms with E-state index in [1.807, 2.05) is 38.1 Å². The average Bonchev–Trinajstić information content (AvgIpc) is 2.88. The molecule has 0 amide bonds. The van der Waals surface area contributed by atoms with Crippen molar-refractivity contribution in [1.82, 2.24) is 9.36 Å². The summed E-state index contributed by atoms with van der Waals surface area (Å²) in [4.78, 5) is 6.40. The molecule has 0 aliphatic rings. The molecule has 18 heavy (non-hydrogen) atoms. The molecule has 1 heterocycles. The van der Waals surface area contributed by atoms with Crippen LogP contribution in [0, 0.1) is 0 Å². The first-order valence-electron chi connectivity index (χ1n) is 5.76. The summed E-state index contributed by atoms with van der Waals surface area (Å²) in [6.07, 6.45) is 0.0891. The number of aromatic nitrogens is 2. The number of benzene rings is 1. The summed E-state index contributed by atoms with van der Waals surface area (Å²) in [5, 5.41) is 0.934. The Morgan fingerprint density at radius 2 is 2.11 bits per heavy atom. The molecular formula is C13H17N3OS. The maximum absolute atomic E-state index is 5.33. The Kier molecular flexibility index (Phi) is 3.93. The van der Waals surface area contributed by atoms with Crippen molar-refractivity contribution in [1.29, 1.82) is 0 Å². The molecule has 1 aromatic carbocycles. The summed E-state index contributed by atoms with van der Waals surface area (Å²) in [7, 11) is 5.59. The van der Waals surface area contributed by atoms with Crippen molar-refractivity contribution in [2.75, 3.05) is 26.1 Å². The molecule has 2 aromatic rings. The van der Waals surface area contributed by atoms with Crippen molar-refractivity contribution < 1.29 is 4.74 Å². The van der Waals surface area contributed by atoms with Crippen LogP contribution in [0.1, 0.15) is 18.6 Å². The van der Waals surface area contributed by atoms with Crippen LogP contribution in [0.3, 0.4) is 0 Å². The lowest BCUT2D eigenvalue weighted by molar-refractivity contribution is 0.119. The topological polar surface area (TPSA) is 38.2 Å². The Labute approximate surface area is 111 Å². The molecule has 0 fully saturated rings. The molecule has 0 unspecified atom stereocenters. The second-order valence-corrected chi connectivity index (χ2v) is 5.05. The van der Waals surface area contributed by atoms with Crippen LogP contribution < -0.4 is 4.90 Å². The zero-order valence-corrected chi connectivity index (χ0v) is 11.9. The maximum Gasteiger partial charge on any atom is 0.237 e. The van der Waals surface area contributed by atoms with E-state index in [1.165, 1.54) is 11.5 Å². The number of hydrogen-bond donors (Lipinski definition) is 0. The Balaban J connectivity index is 2.32. The Hall–Kier alpha value is -1.46. The number of nitrogens with zero attached hydrogens (tertiary/aromatic N) is 3. The van der Waals surface area contributed by atoms with Gasteiger partial charge in [-0.1, -0.05) is 18.2 Å². The molecule has 0 aliphatic heterocycles. The third kappa shape index (κ3) is 2.68. The van der Waals surface area contributed by atoms with E-state index in [0.717, 1.165) is 22.1 Å². The standard InChI is InChI=1S/C13H17N3OS/c1-9(17-4)10-6-5-7-11(8-10)12-14-13(15-18-12)16(2)3/h5-9H,1-4H3/t9-/m1/s1. The molecule has 0 saturated carbocycles. The van der Waals surface area contributed by atoms with Crippen LogP contribution in [0.2, 0.25) is 0 Å². The number of ether oxygens (including phenoxy) is 1. The SMILES string of the molecule is CO[C@H](C)c1cccc(-c2nc(N(C)C)ns2)c1. The van der Waals surface area contributed by atoms with Gasteiger partial charge in [0.05, 0.1) is 6.10 Å². The summed E-state index contributed by atoms with van der Waals surface area (Å²) in [6.45, 7) is 2.03. The molecule has 2 rings (SSSR count). The van der Waals surface area contributed by atoms with Gasteiger partial charge in [0.25, 0.3) is 0 Å². The average molecular weight is 263 g/mol. The van der Waals surface area contributed by atoms with Crippen LogP contribution in [0.5, 0.6) is 0 Å². The van der Waals surface area contributed by atoms with Gasteiger partial charge in [0, 0.05) is 26.8 Å². The van der Waals surface area contributed by atoms with Gasteiger partial charge >= 0.3 is 0 Å². The predicted octanol–water partition coefficient (Wildman–Crippen LogP) is 2.98. The van der Waals surface area contributed by atoms with Crippen molar-refractivity contribution in [3.8, 4) is 10.6 Å². The smallest absolute Gasteiger partial charge is 0.237 e. The van der Waals surface area contributed by atoms with Crippen molar-refractivity contribution in [3.63, 3.8) is 0 Å². The highest BCUT2D eigenvalue weighted by molar-refractivity contribution is 7.09. The van der Waals surface area contributed by atoms with E-state index in [2.05, 4.69) is 21.5 Å². The lowest BCUT2D eigenvalue weighted by atomic mass is 10.1. The molecule has 0 radical (unpaired) electrons. The third-order valence-corrected chi connectivity index (χ3v) is 3.53. The molecule has 1 atom stereocenters. The van der Waals surface area contributed by atoms with Crippen LogP contribution in [-0.2, 0) is 4.74 Å². The molecule has 96 valence electrons. The minimum absolute atomic E-state index is 0.0891. The molecule has 0 aliphatic carbocycles. The summed E-state index contributed by atoms with van der Waals surface area (Å²) >= 11 is 1.42. The fourth-order valence-electron chi connectivity index (χ4n) is 1.58. The van der Waals surface area contributed by atoms with Gasteiger partial charge in [-0.3, -0.25) is 0 Å². The van der Waals surface area contributed by atoms with Crippen molar-refractivity contribution in [3.05, 3.63) is 29.8 Å². The first-order chi connectivity index (χ1) is 8.61. The molecule has 1 aromatic heterocycles. The zero-order valence-electron chi connectivity index (χ0n) is 11.0. The van der Waals surface area contributed by atoms with Crippen LogP contribution >= 0.6 is 11.5 Å². The van der Waals surface area contributed by atoms with Gasteiger partial charge in [0.2, 0.25) is 5.95 Å². The monoisotopic (exact) mass is 263 g/mol. The van der Waals surface area contributed by atoms with Gasteiger partial charge in [0.15, 0.2) is 0 Å². The van der Waals surface area contributed by atoms with Crippen LogP contribution in [0.15, 0.2) is 24.3 Å². The Bertz CT molecular complexity index is 524. The second kappa shape index (κ2) is 5.46. The Morgan fingerprint density at radius 3 is 2.72 bits per heavy atom. The predicted molar refractivity (Wildman–Crippen MR) is 75.1 cm³/mol. The highest BCUT2D eigenvalue weighted by Gasteiger charge is 2.10. The van der Waals surface area contributed by atoms with Gasteiger partial charge in [0.1, 0.15) is 5.01 Å². The minimum Gasteiger partial charge on any atom is -0.377 e. The van der Waals surface area contributed by atoms with Crippen molar-refractivity contribution >= 4 is 17.5 Å². The minimum atomic E-state index is 0.0891. The quantitative estimate of drug-likeness (QED) is 0.850. The summed E-state index contributed by atoms with van der Waals surface area (Å²) in [5.41, 5.74) is 2.23. The molecule has 4 nitrogen and oxygen atoms in total. The van der Waals surface area contributed by atoms with Gasteiger partial charge in [-0.05, 0) is 30.1 Å². The van der Waals surface area contributed by atoms with Gasteiger partial charge in [-0.25, -0.2) is 0 Å². The Morgan fingerprint density at radius 1 is 1.33 bits per heavy atom. The fourth-order valence-corrected chi connectivity index (χ4v) is 2.30. The summed E-state index contributed by atoms with van der Waals surface area (Å²) < 4.78 is 9.64. The zero-order chi connectivity index (χ0) is 13.1. The van der Waals surface area contributed by atoms with Crippen LogP contribution in [-0.4, -0.2) is 30.6 Å². The van der Waals surface area contributed by atoms with E-state index in [9.17, 15) is 0 Å². The normalized spacial score (nSPS) is 12.4. The first kappa shape index (κ1) is 13.0. The van der Waals surface area contributed by atoms with E-state index in [0.29, 0.717) is 0 Å². The summed E-state index contributed by atoms with van der Waals surface area (Å²) in [5.74, 6) is 0.750. The van der Waals surface area contributed by atoms with Crippen molar-refractivity contribution in [2.45, 2.75) is 13.0 Å². The number of hydrogen-bond acceptors (Lipinski definition) is 5. The van der Waals surface area contributed by atoms with Gasteiger partial charge < -0.3 is 9.64 Å². The molecule has 0 bridgehead atoms. The van der Waals surface area contributed by atoms with Gasteiger partial charge in [-0.15, -0.1) is 0 Å². The third-order valence-electron chi connectivity index (χ3n) is 2.77. The fraction of sp³-hybridized carbons (Fsp3) is 0.385. The first-order valence-corrected chi connectivity index (χ1v) is 6.53. The van der Waals surface area contributed by atoms with E-state index >= 15 is 0 Å². The molecule has 0 N–H and O–H groups in total. The van der Waals surface area contributed by atoms with E-state index in [-0.39, 0.29) is 6.10 Å². The molecule has 0 saturated heterocycles. The van der Waals surface area contributed by atoms with Crippen LogP contribution in [0.25, 0.3) is 10.6 Å². The molecule has 5 heteroatoms. The lowest BCUT2D eigenvalue weighted by Gasteiger charge is -2.10. The number of methoxy groups -OCH3 is 1. The highest BCUT2D eigenvalue weighted by Crippen LogP contribution is 2.27. The number of anilines is 1. The summed E-state index contributed by atoms with van der Waals surface area (Å²) in [6, 6.07) is 8.24. The maximum atomic E-state index is 5.33. The van der Waals surface area contributed by atoms with E-state index < -0.39 is 0 Å². The second-order valence-electron chi connectivity index (χ2n) is 4.30.